The Hall–Kier alpha value is -1.67. The van der Waals surface area contributed by atoms with E-state index in [2.05, 4.69) is 39.8 Å². The third kappa shape index (κ3) is 6.45. The molecule has 0 aromatic heterocycles. The van der Waals surface area contributed by atoms with Crippen molar-refractivity contribution < 1.29 is 9.90 Å². The third-order valence-electron chi connectivity index (χ3n) is 4.56. The van der Waals surface area contributed by atoms with Gasteiger partial charge in [0.05, 0.1) is 0 Å². The Balaban J connectivity index is 2.77. The second-order valence-corrected chi connectivity index (χ2v) is 7.50. The SMILES string of the molecule is CC1=C(/C=C/C(C)=C/C=C/C(C)=C/C(=O)C(C)O)C(C)(C)CCC1. The van der Waals surface area contributed by atoms with E-state index in [4.69, 9.17) is 0 Å². The van der Waals surface area contributed by atoms with Gasteiger partial charge in [-0.25, -0.2) is 0 Å². The van der Waals surface area contributed by atoms with E-state index < -0.39 is 6.10 Å². The average molecular weight is 328 g/mol. The maximum Gasteiger partial charge on any atom is 0.184 e. The molecular formula is C22H32O2. The summed E-state index contributed by atoms with van der Waals surface area (Å²) in [5.74, 6) is -0.264. The van der Waals surface area contributed by atoms with E-state index in [9.17, 15) is 9.90 Å². The summed E-state index contributed by atoms with van der Waals surface area (Å²) in [6.07, 6.45) is 14.5. The van der Waals surface area contributed by atoms with Crippen molar-refractivity contribution >= 4 is 5.78 Å². The van der Waals surface area contributed by atoms with E-state index in [1.165, 1.54) is 49.0 Å². The van der Waals surface area contributed by atoms with Crippen molar-refractivity contribution in [2.75, 3.05) is 0 Å². The molecule has 1 atom stereocenters. The van der Waals surface area contributed by atoms with Crippen LogP contribution in [0.25, 0.3) is 0 Å². The topological polar surface area (TPSA) is 37.3 Å². The molecule has 0 amide bonds. The molecule has 0 saturated carbocycles. The first-order valence-electron chi connectivity index (χ1n) is 8.77. The second kappa shape index (κ2) is 8.98. The molecule has 2 nitrogen and oxygen atoms in total. The van der Waals surface area contributed by atoms with Crippen molar-refractivity contribution in [3.05, 3.63) is 58.7 Å². The minimum Gasteiger partial charge on any atom is -0.385 e. The van der Waals surface area contributed by atoms with Gasteiger partial charge in [0.15, 0.2) is 5.78 Å². The monoisotopic (exact) mass is 328 g/mol. The number of aliphatic hydroxyl groups is 1. The maximum absolute atomic E-state index is 11.4. The summed E-state index contributed by atoms with van der Waals surface area (Å²) in [5.41, 5.74) is 5.23. The van der Waals surface area contributed by atoms with Crippen LogP contribution in [0.15, 0.2) is 58.7 Å². The Kier molecular flexibility index (Phi) is 7.62. The van der Waals surface area contributed by atoms with Crippen LogP contribution in [0.1, 0.15) is 60.8 Å². The van der Waals surface area contributed by atoms with Crippen LogP contribution in [-0.4, -0.2) is 17.0 Å². The molecule has 132 valence electrons. The fourth-order valence-electron chi connectivity index (χ4n) is 3.03. The third-order valence-corrected chi connectivity index (χ3v) is 4.56. The fraction of sp³-hybridized carbons (Fsp3) is 0.500. The molecule has 1 unspecified atom stereocenters. The zero-order valence-electron chi connectivity index (χ0n) is 16.0. The molecule has 0 saturated heterocycles. The van der Waals surface area contributed by atoms with Gasteiger partial charge in [0, 0.05) is 0 Å². The Morgan fingerprint density at radius 1 is 1.21 bits per heavy atom. The molecule has 1 rings (SSSR count). The van der Waals surface area contributed by atoms with E-state index in [1.807, 2.05) is 25.2 Å². The molecule has 0 fully saturated rings. The van der Waals surface area contributed by atoms with E-state index in [1.54, 1.807) is 0 Å². The average Bonchev–Trinajstić information content (AvgIpc) is 2.45. The molecule has 0 spiro atoms. The van der Waals surface area contributed by atoms with E-state index in [-0.39, 0.29) is 11.2 Å². The molecule has 0 radical (unpaired) electrons. The summed E-state index contributed by atoms with van der Waals surface area (Å²) in [5, 5.41) is 9.20. The van der Waals surface area contributed by atoms with E-state index in [0.717, 1.165) is 5.57 Å². The van der Waals surface area contributed by atoms with Crippen LogP contribution >= 0.6 is 0 Å². The standard InChI is InChI=1S/C22H32O2/c1-16(9-7-10-17(2)15-21(24)19(4)23)12-13-20-18(3)11-8-14-22(20,5)6/h7,9-10,12-13,15,19,23H,8,11,14H2,1-6H3/b10-7+,13-12+,16-9+,17-15+. The predicted octanol–water partition coefficient (Wildman–Crippen LogP) is 5.47. The molecule has 2 heteroatoms. The zero-order chi connectivity index (χ0) is 18.3. The maximum atomic E-state index is 11.4. The Morgan fingerprint density at radius 3 is 2.46 bits per heavy atom. The molecular weight excluding hydrogens is 296 g/mol. The number of carbonyl (C=O) groups is 1. The molecule has 1 N–H and O–H groups in total. The van der Waals surface area contributed by atoms with E-state index >= 15 is 0 Å². The number of hydrogen-bond donors (Lipinski definition) is 1. The van der Waals surface area contributed by atoms with Crippen LogP contribution < -0.4 is 0 Å². The lowest BCUT2D eigenvalue weighted by molar-refractivity contribution is -0.121. The molecule has 1 aliphatic carbocycles. The van der Waals surface area contributed by atoms with Gasteiger partial charge < -0.3 is 5.11 Å². The van der Waals surface area contributed by atoms with Crippen molar-refractivity contribution in [3.63, 3.8) is 0 Å². The highest BCUT2D eigenvalue weighted by Crippen LogP contribution is 2.40. The van der Waals surface area contributed by atoms with Crippen molar-refractivity contribution in [2.24, 2.45) is 5.41 Å². The number of carbonyl (C=O) groups excluding carboxylic acids is 1. The number of hydrogen-bond acceptors (Lipinski definition) is 2. The summed E-state index contributed by atoms with van der Waals surface area (Å²) >= 11 is 0. The van der Waals surface area contributed by atoms with Crippen molar-refractivity contribution in [1.82, 2.24) is 0 Å². The number of aliphatic hydroxyl groups excluding tert-OH is 1. The molecule has 0 aromatic rings. The highest BCUT2D eigenvalue weighted by Gasteiger charge is 2.26. The van der Waals surface area contributed by atoms with Crippen LogP contribution in [-0.2, 0) is 4.79 Å². The normalized spacial score (nSPS) is 21.0. The summed E-state index contributed by atoms with van der Waals surface area (Å²) in [7, 11) is 0. The second-order valence-electron chi connectivity index (χ2n) is 7.50. The zero-order valence-corrected chi connectivity index (χ0v) is 16.0. The molecule has 1 aliphatic rings. The first kappa shape index (κ1) is 20.4. The van der Waals surface area contributed by atoms with Crippen LogP contribution in [0.2, 0.25) is 0 Å². The van der Waals surface area contributed by atoms with Gasteiger partial charge in [0.25, 0.3) is 0 Å². The lowest BCUT2D eigenvalue weighted by Crippen LogP contribution is -2.19. The van der Waals surface area contributed by atoms with Gasteiger partial charge in [-0.15, -0.1) is 0 Å². The summed E-state index contributed by atoms with van der Waals surface area (Å²) < 4.78 is 0. The minimum atomic E-state index is -0.941. The molecule has 0 bridgehead atoms. The summed E-state index contributed by atoms with van der Waals surface area (Å²) in [6.45, 7) is 12.3. The smallest absolute Gasteiger partial charge is 0.184 e. The molecule has 0 heterocycles. The van der Waals surface area contributed by atoms with Crippen molar-refractivity contribution in [3.8, 4) is 0 Å². The lowest BCUT2D eigenvalue weighted by atomic mass is 9.72. The van der Waals surface area contributed by atoms with Gasteiger partial charge in [-0.1, -0.05) is 55.4 Å². The predicted molar refractivity (Wildman–Crippen MR) is 103 cm³/mol. The van der Waals surface area contributed by atoms with Gasteiger partial charge in [-0.2, -0.15) is 0 Å². The van der Waals surface area contributed by atoms with E-state index in [0.29, 0.717) is 0 Å². The first-order valence-corrected chi connectivity index (χ1v) is 8.77. The summed E-state index contributed by atoms with van der Waals surface area (Å²) in [4.78, 5) is 11.4. The highest BCUT2D eigenvalue weighted by molar-refractivity contribution is 5.93. The number of rotatable bonds is 6. The minimum absolute atomic E-state index is 0.260. The van der Waals surface area contributed by atoms with Crippen molar-refractivity contribution in [1.29, 1.82) is 0 Å². The fourth-order valence-corrected chi connectivity index (χ4v) is 3.03. The van der Waals surface area contributed by atoms with Crippen molar-refractivity contribution in [2.45, 2.75) is 66.9 Å². The Bertz CT molecular complexity index is 608. The first-order chi connectivity index (χ1) is 11.1. The Morgan fingerprint density at radius 2 is 1.88 bits per heavy atom. The van der Waals surface area contributed by atoms with Crippen LogP contribution in [0.4, 0.5) is 0 Å². The number of ketones is 1. The largest absolute Gasteiger partial charge is 0.385 e. The number of allylic oxidation sites excluding steroid dienone is 9. The molecule has 0 aromatic carbocycles. The van der Waals surface area contributed by atoms with Gasteiger partial charge in [-0.05, 0) is 69.6 Å². The van der Waals surface area contributed by atoms with Gasteiger partial charge in [-0.3, -0.25) is 4.79 Å². The molecule has 0 aliphatic heterocycles. The van der Waals surface area contributed by atoms with Crippen LogP contribution in [0, 0.1) is 5.41 Å². The highest BCUT2D eigenvalue weighted by atomic mass is 16.3. The Labute approximate surface area is 147 Å². The van der Waals surface area contributed by atoms with Gasteiger partial charge >= 0.3 is 0 Å². The quantitative estimate of drug-likeness (QED) is 0.518. The molecule has 24 heavy (non-hydrogen) atoms. The summed E-state index contributed by atoms with van der Waals surface area (Å²) in [6, 6.07) is 0. The van der Waals surface area contributed by atoms with Gasteiger partial charge in [0.2, 0.25) is 0 Å². The van der Waals surface area contributed by atoms with Crippen LogP contribution in [0.5, 0.6) is 0 Å². The van der Waals surface area contributed by atoms with Crippen LogP contribution in [0.3, 0.4) is 0 Å². The lowest BCUT2D eigenvalue weighted by Gasteiger charge is -2.32. The van der Waals surface area contributed by atoms with Gasteiger partial charge in [0.1, 0.15) is 6.10 Å².